The van der Waals surface area contributed by atoms with Crippen molar-refractivity contribution in [3.63, 3.8) is 0 Å². The van der Waals surface area contributed by atoms with Crippen LogP contribution in [0.2, 0.25) is 0 Å². The van der Waals surface area contributed by atoms with E-state index in [0.29, 0.717) is 11.6 Å². The first kappa shape index (κ1) is 16.3. The molecular weight excluding hydrogens is 272 g/mol. The van der Waals surface area contributed by atoms with Crippen molar-refractivity contribution in [1.82, 2.24) is 29.9 Å². The lowest BCUT2D eigenvalue weighted by Gasteiger charge is -1.99. The molecule has 114 valence electrons. The topological polar surface area (TPSA) is 181 Å². The summed E-state index contributed by atoms with van der Waals surface area (Å²) in [7, 11) is 0. The van der Waals surface area contributed by atoms with Gasteiger partial charge in [0.05, 0.1) is 0 Å². The molecule has 10 nitrogen and oxygen atoms in total. The van der Waals surface area contributed by atoms with Gasteiger partial charge in [0.15, 0.2) is 0 Å². The van der Waals surface area contributed by atoms with E-state index in [4.69, 9.17) is 22.9 Å². The van der Waals surface area contributed by atoms with Crippen LogP contribution < -0.4 is 22.9 Å². The van der Waals surface area contributed by atoms with E-state index in [1.165, 1.54) is 0 Å². The summed E-state index contributed by atoms with van der Waals surface area (Å²) in [5.41, 5.74) is 21.2. The third-order valence-electron chi connectivity index (χ3n) is 2.25. The molecule has 10 heteroatoms. The molecule has 0 atom stereocenters. The summed E-state index contributed by atoms with van der Waals surface area (Å²) in [5.74, 6) is 1.96. The molecule has 21 heavy (non-hydrogen) atoms. The number of hydrogen-bond donors (Lipinski definition) is 4. The van der Waals surface area contributed by atoms with Crippen LogP contribution in [0, 0.1) is 6.92 Å². The summed E-state index contributed by atoms with van der Waals surface area (Å²) in [6, 6.07) is 0. The summed E-state index contributed by atoms with van der Waals surface area (Å²) < 4.78 is 0. The predicted molar refractivity (Wildman–Crippen MR) is 80.7 cm³/mol. The Bertz CT molecular complexity index is 514. The minimum absolute atomic E-state index is 0.167. The fourth-order valence-corrected chi connectivity index (χ4v) is 1.43. The smallest absolute Gasteiger partial charge is 0.225 e. The average molecular weight is 292 g/mol. The van der Waals surface area contributed by atoms with Crippen molar-refractivity contribution in [2.24, 2.45) is 0 Å². The molecular formula is C11H20N10. The first-order chi connectivity index (χ1) is 9.90. The van der Waals surface area contributed by atoms with Crippen LogP contribution >= 0.6 is 0 Å². The summed E-state index contributed by atoms with van der Waals surface area (Å²) in [5, 5.41) is 0. The van der Waals surface area contributed by atoms with Crippen molar-refractivity contribution < 1.29 is 0 Å². The first-order valence-corrected chi connectivity index (χ1v) is 6.40. The third kappa shape index (κ3) is 6.27. The Morgan fingerprint density at radius 2 is 1.14 bits per heavy atom. The maximum absolute atomic E-state index is 5.39. The van der Waals surface area contributed by atoms with Crippen molar-refractivity contribution >= 4 is 23.8 Å². The van der Waals surface area contributed by atoms with Crippen LogP contribution in [0.5, 0.6) is 0 Å². The van der Waals surface area contributed by atoms with E-state index in [0.717, 1.165) is 19.3 Å². The fourth-order valence-electron chi connectivity index (χ4n) is 1.43. The molecule has 8 N–H and O–H groups in total. The monoisotopic (exact) mass is 292 g/mol. The van der Waals surface area contributed by atoms with Crippen molar-refractivity contribution in [1.29, 1.82) is 0 Å². The molecule has 0 spiro atoms. The molecule has 0 saturated carbocycles. The SMILES string of the molecule is CCCCc1nc(N)nc(N)n1.Cc1nc(N)nc(N)n1. The van der Waals surface area contributed by atoms with Gasteiger partial charge in [-0.1, -0.05) is 13.3 Å². The van der Waals surface area contributed by atoms with Crippen molar-refractivity contribution in [2.45, 2.75) is 33.1 Å². The zero-order valence-electron chi connectivity index (χ0n) is 12.1. The maximum Gasteiger partial charge on any atom is 0.225 e. The standard InChI is InChI=1S/C7H13N5.C4H7N5/c1-2-3-4-5-10-6(8)12-7(9)11-5;1-2-7-3(5)9-4(6)8-2/h2-4H2,1H3,(H4,8,9,10,11,12);1H3,(H4,5,6,7,8,9). The lowest BCUT2D eigenvalue weighted by molar-refractivity contribution is 0.749. The fraction of sp³-hybridized carbons (Fsp3) is 0.455. The van der Waals surface area contributed by atoms with Gasteiger partial charge in [-0.25, -0.2) is 0 Å². The molecule has 0 aliphatic heterocycles. The van der Waals surface area contributed by atoms with Gasteiger partial charge in [-0.2, -0.15) is 29.9 Å². The lowest BCUT2D eigenvalue weighted by atomic mass is 10.2. The zero-order valence-corrected chi connectivity index (χ0v) is 12.1. The number of anilines is 4. The Balaban J connectivity index is 0.000000219. The highest BCUT2D eigenvalue weighted by molar-refractivity contribution is 5.26. The van der Waals surface area contributed by atoms with Gasteiger partial charge in [0.1, 0.15) is 11.6 Å². The summed E-state index contributed by atoms with van der Waals surface area (Å²) in [6.45, 7) is 3.81. The zero-order chi connectivity index (χ0) is 15.8. The highest BCUT2D eigenvalue weighted by atomic mass is 15.1. The van der Waals surface area contributed by atoms with Crippen molar-refractivity contribution in [3.05, 3.63) is 11.6 Å². The van der Waals surface area contributed by atoms with Crippen LogP contribution in [0.3, 0.4) is 0 Å². The van der Waals surface area contributed by atoms with Gasteiger partial charge >= 0.3 is 0 Å². The molecule has 0 bridgehead atoms. The number of hydrogen-bond acceptors (Lipinski definition) is 10. The van der Waals surface area contributed by atoms with Gasteiger partial charge in [-0.15, -0.1) is 0 Å². The number of unbranched alkanes of at least 4 members (excludes halogenated alkanes) is 1. The highest BCUT2D eigenvalue weighted by Crippen LogP contribution is 2.02. The van der Waals surface area contributed by atoms with Gasteiger partial charge in [0.25, 0.3) is 0 Å². The van der Waals surface area contributed by atoms with Gasteiger partial charge in [0, 0.05) is 6.42 Å². The second-order valence-corrected chi connectivity index (χ2v) is 4.17. The van der Waals surface area contributed by atoms with Gasteiger partial charge in [-0.3, -0.25) is 0 Å². The summed E-state index contributed by atoms with van der Waals surface area (Å²) >= 11 is 0. The molecule has 0 unspecified atom stereocenters. The minimum atomic E-state index is 0.167. The van der Waals surface area contributed by atoms with E-state index in [1.54, 1.807) is 6.92 Å². The first-order valence-electron chi connectivity index (χ1n) is 6.40. The normalized spacial score (nSPS) is 9.81. The number of aromatic nitrogens is 6. The van der Waals surface area contributed by atoms with Crippen LogP contribution in [0.1, 0.15) is 31.4 Å². The molecule has 0 fully saturated rings. The number of nitrogen functional groups attached to an aromatic ring is 4. The van der Waals surface area contributed by atoms with Crippen molar-refractivity contribution in [2.75, 3.05) is 22.9 Å². The van der Waals surface area contributed by atoms with E-state index in [2.05, 4.69) is 36.8 Å². The molecule has 0 aliphatic carbocycles. The van der Waals surface area contributed by atoms with Crippen LogP contribution in [0.15, 0.2) is 0 Å². The molecule has 2 aromatic rings. The average Bonchev–Trinajstić information content (AvgIpc) is 2.34. The Morgan fingerprint density at radius 1 is 0.714 bits per heavy atom. The molecule has 0 aliphatic rings. The van der Waals surface area contributed by atoms with Gasteiger partial charge in [-0.05, 0) is 13.3 Å². The Hall–Kier alpha value is -2.78. The lowest BCUT2D eigenvalue weighted by Crippen LogP contribution is -2.06. The number of rotatable bonds is 3. The van der Waals surface area contributed by atoms with Gasteiger partial charge < -0.3 is 22.9 Å². The van der Waals surface area contributed by atoms with Crippen molar-refractivity contribution in [3.8, 4) is 0 Å². The van der Waals surface area contributed by atoms with E-state index in [9.17, 15) is 0 Å². The molecule has 2 rings (SSSR count). The van der Waals surface area contributed by atoms with Crippen LogP contribution in [-0.2, 0) is 6.42 Å². The Morgan fingerprint density at radius 3 is 1.52 bits per heavy atom. The van der Waals surface area contributed by atoms with E-state index < -0.39 is 0 Å². The van der Waals surface area contributed by atoms with E-state index >= 15 is 0 Å². The second-order valence-electron chi connectivity index (χ2n) is 4.17. The second kappa shape index (κ2) is 7.72. The Labute approximate surface area is 122 Å². The summed E-state index contributed by atoms with van der Waals surface area (Å²) in [4.78, 5) is 22.6. The Kier molecular flexibility index (Phi) is 5.99. The molecule has 2 heterocycles. The quantitative estimate of drug-likeness (QED) is 0.587. The molecule has 2 aromatic heterocycles. The number of nitrogens with zero attached hydrogens (tertiary/aromatic N) is 6. The van der Waals surface area contributed by atoms with Crippen LogP contribution in [-0.4, -0.2) is 29.9 Å². The highest BCUT2D eigenvalue weighted by Gasteiger charge is 2.00. The molecule has 0 aromatic carbocycles. The predicted octanol–water partition coefficient (Wildman–Crippen LogP) is -0.277. The maximum atomic E-state index is 5.39. The number of aryl methyl sites for hydroxylation is 2. The van der Waals surface area contributed by atoms with E-state index in [1.807, 2.05) is 0 Å². The van der Waals surface area contributed by atoms with Crippen LogP contribution in [0.25, 0.3) is 0 Å². The molecule has 0 radical (unpaired) electrons. The van der Waals surface area contributed by atoms with Crippen LogP contribution in [0.4, 0.5) is 23.8 Å². The molecule has 0 saturated heterocycles. The van der Waals surface area contributed by atoms with Gasteiger partial charge in [0.2, 0.25) is 23.8 Å². The largest absolute Gasteiger partial charge is 0.368 e. The third-order valence-corrected chi connectivity index (χ3v) is 2.25. The minimum Gasteiger partial charge on any atom is -0.368 e. The number of nitrogens with two attached hydrogens (primary N) is 4. The van der Waals surface area contributed by atoms with E-state index in [-0.39, 0.29) is 23.8 Å². The molecule has 0 amide bonds. The summed E-state index contributed by atoms with van der Waals surface area (Å²) in [6.07, 6.45) is 2.96.